The fourth-order valence-corrected chi connectivity index (χ4v) is 4.41. The number of amides is 1. The first-order valence-electron chi connectivity index (χ1n) is 8.92. The number of anilines is 1. The summed E-state index contributed by atoms with van der Waals surface area (Å²) < 4.78 is 67.7. The quantitative estimate of drug-likeness (QED) is 0.578. The Kier molecular flexibility index (Phi) is 8.60. The molecular weight excluding hydrogens is 470 g/mol. The summed E-state index contributed by atoms with van der Waals surface area (Å²) in [5.74, 6) is -2.50. The fraction of sp³-hybridized carbons (Fsp3) is 0.263. The van der Waals surface area contributed by atoms with Crippen LogP contribution >= 0.6 is 12.2 Å². The van der Waals surface area contributed by atoms with Crippen molar-refractivity contribution in [2.45, 2.75) is 13.8 Å². The number of nitrogens with one attached hydrogen (secondary N) is 1. The van der Waals surface area contributed by atoms with Gasteiger partial charge in [-0.2, -0.15) is 4.36 Å². The van der Waals surface area contributed by atoms with E-state index in [2.05, 4.69) is 9.08 Å². The summed E-state index contributed by atoms with van der Waals surface area (Å²) >= 11 is 5.13. The van der Waals surface area contributed by atoms with Gasteiger partial charge in [-0.3, -0.25) is 9.52 Å². The van der Waals surface area contributed by atoms with Crippen LogP contribution in [0.2, 0.25) is 0 Å². The van der Waals surface area contributed by atoms with Gasteiger partial charge in [-0.05, 0) is 60.2 Å². The van der Waals surface area contributed by atoms with E-state index in [9.17, 15) is 22.0 Å². The molecule has 7 nitrogen and oxygen atoms in total. The van der Waals surface area contributed by atoms with Crippen LogP contribution in [0, 0.1) is 11.6 Å². The Balaban J connectivity index is 2.47. The van der Waals surface area contributed by atoms with E-state index in [0.717, 1.165) is 18.4 Å². The van der Waals surface area contributed by atoms with Crippen molar-refractivity contribution in [1.29, 1.82) is 0 Å². The molecular formula is C19H20F2N2O5S3. The molecule has 31 heavy (non-hydrogen) atoms. The summed E-state index contributed by atoms with van der Waals surface area (Å²) in [4.78, 5) is 12.6. The van der Waals surface area contributed by atoms with Gasteiger partial charge in [0.15, 0.2) is 17.3 Å². The standard InChI is InChI=1S/C19H20F2N2O5S3/c1-4-27-19(29)30(5-2)22-18(24)12-6-8-15(23-31(3,25)26)17(10-12)28-16-9-7-13(20)11-14(16)21/h6-11,23H,4-5H2,1-3H3. The Bertz CT molecular complexity index is 1140. The molecule has 12 heteroatoms. The lowest BCUT2D eigenvalue weighted by molar-refractivity contribution is 0.100. The van der Waals surface area contributed by atoms with Crippen molar-refractivity contribution in [3.8, 4) is 11.5 Å². The summed E-state index contributed by atoms with van der Waals surface area (Å²) in [5, 5.41) is 0. The highest BCUT2D eigenvalue weighted by molar-refractivity contribution is 8.14. The van der Waals surface area contributed by atoms with Crippen LogP contribution in [0.1, 0.15) is 24.2 Å². The molecule has 2 aromatic carbocycles. The third-order valence-corrected chi connectivity index (χ3v) is 6.28. The number of benzene rings is 2. The summed E-state index contributed by atoms with van der Waals surface area (Å²) in [7, 11) is -4.65. The second-order valence-corrected chi connectivity index (χ2v) is 10.2. The lowest BCUT2D eigenvalue weighted by Gasteiger charge is -2.14. The zero-order chi connectivity index (χ0) is 23.2. The van der Waals surface area contributed by atoms with E-state index in [1.54, 1.807) is 13.8 Å². The van der Waals surface area contributed by atoms with Crippen LogP contribution in [-0.4, -0.2) is 37.3 Å². The Hall–Kier alpha value is -2.44. The van der Waals surface area contributed by atoms with E-state index in [4.69, 9.17) is 21.7 Å². The molecule has 1 N–H and O–H groups in total. The number of ether oxygens (including phenoxy) is 2. The highest BCUT2D eigenvalue weighted by Gasteiger charge is 2.17. The largest absolute Gasteiger partial charge is 0.478 e. The highest BCUT2D eigenvalue weighted by Crippen LogP contribution is 2.33. The van der Waals surface area contributed by atoms with Crippen LogP contribution in [0.15, 0.2) is 40.8 Å². The second-order valence-electron chi connectivity index (χ2n) is 5.99. The van der Waals surface area contributed by atoms with Crippen LogP contribution in [0.4, 0.5) is 14.5 Å². The molecule has 0 fully saturated rings. The number of carbonyl (C=O) groups excluding carboxylic acids is 1. The molecule has 1 atom stereocenters. The van der Waals surface area contributed by atoms with Gasteiger partial charge in [-0.1, -0.05) is 6.92 Å². The monoisotopic (exact) mass is 490 g/mol. The summed E-state index contributed by atoms with van der Waals surface area (Å²) in [5.41, 5.74) is 0.0175. The zero-order valence-corrected chi connectivity index (χ0v) is 19.3. The van der Waals surface area contributed by atoms with Gasteiger partial charge in [-0.15, -0.1) is 0 Å². The normalized spacial score (nSPS) is 12.3. The van der Waals surface area contributed by atoms with Gasteiger partial charge in [0.25, 0.3) is 5.91 Å². The van der Waals surface area contributed by atoms with Crippen molar-refractivity contribution in [3.05, 3.63) is 53.6 Å². The molecule has 0 radical (unpaired) electrons. The highest BCUT2D eigenvalue weighted by atomic mass is 32.2. The van der Waals surface area contributed by atoms with Gasteiger partial charge in [-0.25, -0.2) is 17.2 Å². The fourth-order valence-electron chi connectivity index (χ4n) is 2.26. The molecule has 1 amide bonds. The van der Waals surface area contributed by atoms with E-state index >= 15 is 0 Å². The average molecular weight is 491 g/mol. The zero-order valence-electron chi connectivity index (χ0n) is 16.8. The number of thiocarbonyl (C=S) groups is 1. The summed E-state index contributed by atoms with van der Waals surface area (Å²) in [6, 6.07) is 6.48. The van der Waals surface area contributed by atoms with Gasteiger partial charge in [0.1, 0.15) is 5.82 Å². The van der Waals surface area contributed by atoms with Gasteiger partial charge < -0.3 is 9.47 Å². The van der Waals surface area contributed by atoms with Crippen LogP contribution in [0.3, 0.4) is 0 Å². The minimum atomic E-state index is -3.71. The van der Waals surface area contributed by atoms with Crippen molar-refractivity contribution in [1.82, 2.24) is 0 Å². The van der Waals surface area contributed by atoms with E-state index in [1.807, 2.05) is 0 Å². The van der Waals surface area contributed by atoms with Crippen molar-refractivity contribution >= 4 is 48.9 Å². The lowest BCUT2D eigenvalue weighted by atomic mass is 10.2. The summed E-state index contributed by atoms with van der Waals surface area (Å²) in [6.07, 6.45) is 0.922. The van der Waals surface area contributed by atoms with Crippen molar-refractivity contribution in [2.24, 2.45) is 4.36 Å². The molecule has 0 bridgehead atoms. The van der Waals surface area contributed by atoms with Gasteiger partial charge >= 0.3 is 0 Å². The first-order chi connectivity index (χ1) is 14.5. The third-order valence-electron chi connectivity index (χ3n) is 3.56. The Labute approximate surface area is 186 Å². The van der Waals surface area contributed by atoms with Crippen molar-refractivity contribution < 1.29 is 31.5 Å². The number of rotatable bonds is 7. The van der Waals surface area contributed by atoms with E-state index in [0.29, 0.717) is 18.4 Å². The number of hydrogen-bond acceptors (Lipinski definition) is 6. The van der Waals surface area contributed by atoms with Gasteiger partial charge in [0.2, 0.25) is 14.4 Å². The minimum absolute atomic E-state index is 0.0397. The maximum atomic E-state index is 14.0. The molecule has 0 aliphatic rings. The van der Waals surface area contributed by atoms with Gasteiger partial charge in [0, 0.05) is 17.4 Å². The molecule has 0 spiro atoms. The maximum Gasteiger partial charge on any atom is 0.283 e. The number of hydrogen-bond donors (Lipinski definition) is 1. The van der Waals surface area contributed by atoms with Crippen LogP contribution in [0.25, 0.3) is 0 Å². The molecule has 0 saturated carbocycles. The molecule has 2 rings (SSSR count). The Morgan fingerprint density at radius 1 is 1.16 bits per heavy atom. The second kappa shape index (κ2) is 10.7. The number of nitrogens with zero attached hydrogens (tertiary/aromatic N) is 1. The minimum Gasteiger partial charge on any atom is -0.478 e. The van der Waals surface area contributed by atoms with Crippen LogP contribution < -0.4 is 9.46 Å². The lowest BCUT2D eigenvalue weighted by Crippen LogP contribution is -2.13. The number of sulfonamides is 1. The van der Waals surface area contributed by atoms with Crippen LogP contribution in [0.5, 0.6) is 11.5 Å². The molecule has 0 aliphatic carbocycles. The molecule has 0 aromatic heterocycles. The number of carbonyl (C=O) groups is 1. The Morgan fingerprint density at radius 3 is 2.45 bits per heavy atom. The Morgan fingerprint density at radius 2 is 1.87 bits per heavy atom. The first-order valence-corrected chi connectivity index (χ1v) is 12.6. The molecule has 0 saturated heterocycles. The smallest absolute Gasteiger partial charge is 0.283 e. The SMILES string of the molecule is CCOC(=S)S(CC)=NC(=O)c1ccc(NS(C)(=O)=O)c(Oc2ccc(F)cc2F)c1. The predicted octanol–water partition coefficient (Wildman–Crippen LogP) is 4.41. The predicted molar refractivity (Wildman–Crippen MR) is 120 cm³/mol. The molecule has 2 aromatic rings. The maximum absolute atomic E-state index is 14.0. The van der Waals surface area contributed by atoms with E-state index < -0.39 is 38.3 Å². The number of halogens is 2. The first kappa shape index (κ1) is 24.8. The van der Waals surface area contributed by atoms with E-state index in [1.165, 1.54) is 18.2 Å². The van der Waals surface area contributed by atoms with Gasteiger partial charge in [0.05, 0.1) is 18.6 Å². The third kappa shape index (κ3) is 7.33. The van der Waals surface area contributed by atoms with E-state index in [-0.39, 0.29) is 27.1 Å². The molecule has 168 valence electrons. The van der Waals surface area contributed by atoms with Crippen LogP contribution in [-0.2, 0) is 25.5 Å². The topological polar surface area (TPSA) is 94.1 Å². The molecule has 0 aliphatic heterocycles. The average Bonchev–Trinajstić information content (AvgIpc) is 2.68. The molecule has 0 heterocycles. The molecule has 1 unspecified atom stereocenters. The van der Waals surface area contributed by atoms with Crippen molar-refractivity contribution in [2.75, 3.05) is 23.3 Å². The summed E-state index contributed by atoms with van der Waals surface area (Å²) in [6.45, 7) is 3.91. The van der Waals surface area contributed by atoms with Crippen molar-refractivity contribution in [3.63, 3.8) is 0 Å².